The minimum absolute atomic E-state index is 0.0679. The Hall–Kier alpha value is -1.55. The number of ether oxygens (including phenoxy) is 2. The highest BCUT2D eigenvalue weighted by Gasteiger charge is 2.13. The molecule has 17 heavy (non-hydrogen) atoms. The van der Waals surface area contributed by atoms with Crippen molar-refractivity contribution >= 4 is 5.91 Å². The summed E-state index contributed by atoms with van der Waals surface area (Å²) in [4.78, 5) is 11.4. The van der Waals surface area contributed by atoms with Gasteiger partial charge in [0.1, 0.15) is 12.4 Å². The summed E-state index contributed by atoms with van der Waals surface area (Å²) in [5, 5.41) is 2.86. The van der Waals surface area contributed by atoms with Crippen LogP contribution in [0, 0.1) is 6.92 Å². The predicted octanol–water partition coefficient (Wildman–Crippen LogP) is 1.83. The molecule has 0 aromatic heterocycles. The van der Waals surface area contributed by atoms with Gasteiger partial charge in [-0.2, -0.15) is 0 Å². The number of rotatable bonds is 5. The Morgan fingerprint density at radius 1 is 1.41 bits per heavy atom. The van der Waals surface area contributed by atoms with Crippen LogP contribution in [0.25, 0.3) is 0 Å². The van der Waals surface area contributed by atoms with Crippen LogP contribution in [0.15, 0.2) is 18.2 Å². The Bertz CT molecular complexity index is 390. The number of hydrogen-bond acceptors (Lipinski definition) is 3. The second kappa shape index (κ2) is 6.25. The van der Waals surface area contributed by atoms with E-state index in [0.717, 1.165) is 16.9 Å². The standard InChI is InChI=1S/C13H19NO3/c1-9-5-6-12(17-4)11(7-9)10(2)14-13(15)8-16-3/h5-7,10H,8H2,1-4H3,(H,14,15). The van der Waals surface area contributed by atoms with E-state index in [0.29, 0.717) is 0 Å². The van der Waals surface area contributed by atoms with E-state index < -0.39 is 0 Å². The molecule has 0 saturated heterocycles. The smallest absolute Gasteiger partial charge is 0.246 e. The molecule has 0 spiro atoms. The lowest BCUT2D eigenvalue weighted by Crippen LogP contribution is -2.30. The van der Waals surface area contributed by atoms with Gasteiger partial charge in [-0.3, -0.25) is 4.79 Å². The van der Waals surface area contributed by atoms with E-state index in [2.05, 4.69) is 5.32 Å². The van der Waals surface area contributed by atoms with Crippen molar-refractivity contribution in [3.8, 4) is 5.75 Å². The minimum atomic E-state index is -0.136. The lowest BCUT2D eigenvalue weighted by atomic mass is 10.0. The molecule has 0 heterocycles. The fraction of sp³-hybridized carbons (Fsp3) is 0.462. The fourth-order valence-corrected chi connectivity index (χ4v) is 1.68. The quantitative estimate of drug-likeness (QED) is 0.849. The maximum Gasteiger partial charge on any atom is 0.246 e. The number of carbonyl (C=O) groups excluding carboxylic acids is 1. The third-order valence-corrected chi connectivity index (χ3v) is 2.50. The van der Waals surface area contributed by atoms with E-state index in [1.807, 2.05) is 32.0 Å². The maximum absolute atomic E-state index is 11.4. The van der Waals surface area contributed by atoms with Crippen LogP contribution >= 0.6 is 0 Å². The molecular weight excluding hydrogens is 218 g/mol. The number of nitrogens with one attached hydrogen (secondary N) is 1. The summed E-state index contributed by atoms with van der Waals surface area (Å²) in [6.07, 6.45) is 0. The third-order valence-electron chi connectivity index (χ3n) is 2.50. The van der Waals surface area contributed by atoms with Gasteiger partial charge in [-0.15, -0.1) is 0 Å². The van der Waals surface area contributed by atoms with E-state index in [1.54, 1.807) is 7.11 Å². The van der Waals surface area contributed by atoms with Crippen molar-refractivity contribution in [1.82, 2.24) is 5.32 Å². The summed E-state index contributed by atoms with van der Waals surface area (Å²) in [7, 11) is 3.12. The molecule has 0 bridgehead atoms. The van der Waals surface area contributed by atoms with E-state index in [-0.39, 0.29) is 18.6 Å². The molecule has 0 aliphatic carbocycles. The average molecular weight is 237 g/mol. The molecule has 0 aliphatic heterocycles. The molecule has 1 atom stereocenters. The normalized spacial score (nSPS) is 12.0. The maximum atomic E-state index is 11.4. The average Bonchev–Trinajstić information content (AvgIpc) is 2.29. The molecule has 1 unspecified atom stereocenters. The molecule has 1 aromatic carbocycles. The zero-order valence-corrected chi connectivity index (χ0v) is 10.7. The van der Waals surface area contributed by atoms with Crippen LogP contribution in [0.4, 0.5) is 0 Å². The molecule has 0 radical (unpaired) electrons. The topological polar surface area (TPSA) is 47.6 Å². The molecule has 0 aliphatic rings. The van der Waals surface area contributed by atoms with Crippen molar-refractivity contribution in [2.45, 2.75) is 19.9 Å². The molecule has 1 aromatic rings. The zero-order chi connectivity index (χ0) is 12.8. The van der Waals surface area contributed by atoms with Crippen molar-refractivity contribution in [2.75, 3.05) is 20.8 Å². The molecule has 1 amide bonds. The summed E-state index contributed by atoms with van der Waals surface area (Å²) < 4.78 is 10.1. The van der Waals surface area contributed by atoms with Crippen molar-refractivity contribution < 1.29 is 14.3 Å². The number of amides is 1. The van der Waals surface area contributed by atoms with Gasteiger partial charge in [0.15, 0.2) is 0 Å². The zero-order valence-electron chi connectivity index (χ0n) is 10.7. The van der Waals surface area contributed by atoms with E-state index >= 15 is 0 Å². The van der Waals surface area contributed by atoms with Gasteiger partial charge in [0.25, 0.3) is 0 Å². The number of benzene rings is 1. The van der Waals surface area contributed by atoms with Crippen molar-refractivity contribution in [3.05, 3.63) is 29.3 Å². The number of carbonyl (C=O) groups is 1. The monoisotopic (exact) mass is 237 g/mol. The Morgan fingerprint density at radius 3 is 2.71 bits per heavy atom. The first-order valence-electron chi connectivity index (χ1n) is 5.51. The summed E-state index contributed by atoms with van der Waals surface area (Å²) >= 11 is 0. The van der Waals surface area contributed by atoms with Gasteiger partial charge in [-0.1, -0.05) is 17.7 Å². The summed E-state index contributed by atoms with van der Waals surface area (Å²) in [6, 6.07) is 5.79. The van der Waals surface area contributed by atoms with Crippen molar-refractivity contribution in [2.24, 2.45) is 0 Å². The SMILES string of the molecule is COCC(=O)NC(C)c1cc(C)ccc1OC. The van der Waals surface area contributed by atoms with Crippen molar-refractivity contribution in [3.63, 3.8) is 0 Å². The van der Waals surface area contributed by atoms with Gasteiger partial charge in [0.2, 0.25) is 5.91 Å². The Morgan fingerprint density at radius 2 is 2.12 bits per heavy atom. The molecule has 94 valence electrons. The third kappa shape index (κ3) is 3.75. The Kier molecular flexibility index (Phi) is 4.97. The van der Waals surface area contributed by atoms with Gasteiger partial charge in [-0.05, 0) is 19.9 Å². The number of hydrogen-bond donors (Lipinski definition) is 1. The second-order valence-electron chi connectivity index (χ2n) is 3.97. The fourth-order valence-electron chi connectivity index (χ4n) is 1.68. The van der Waals surface area contributed by atoms with Crippen LogP contribution in [0.2, 0.25) is 0 Å². The highest BCUT2D eigenvalue weighted by atomic mass is 16.5. The molecule has 4 heteroatoms. The first-order chi connectivity index (χ1) is 8.08. The van der Waals surface area contributed by atoms with Crippen LogP contribution in [0.1, 0.15) is 24.1 Å². The number of methoxy groups -OCH3 is 2. The van der Waals surface area contributed by atoms with Crippen LogP contribution in [-0.4, -0.2) is 26.7 Å². The first kappa shape index (κ1) is 13.5. The molecule has 0 fully saturated rings. The lowest BCUT2D eigenvalue weighted by Gasteiger charge is -2.17. The van der Waals surface area contributed by atoms with E-state index in [9.17, 15) is 4.79 Å². The molecular formula is C13H19NO3. The summed E-state index contributed by atoms with van der Waals surface area (Å²) in [5.74, 6) is 0.643. The van der Waals surface area contributed by atoms with Gasteiger partial charge in [-0.25, -0.2) is 0 Å². The van der Waals surface area contributed by atoms with Gasteiger partial charge in [0, 0.05) is 12.7 Å². The summed E-state index contributed by atoms with van der Waals surface area (Å²) in [5.41, 5.74) is 2.10. The van der Waals surface area contributed by atoms with Gasteiger partial charge < -0.3 is 14.8 Å². The number of aryl methyl sites for hydroxylation is 1. The second-order valence-corrected chi connectivity index (χ2v) is 3.97. The molecule has 1 rings (SSSR count). The Balaban J connectivity index is 2.83. The van der Waals surface area contributed by atoms with Crippen LogP contribution in [0.5, 0.6) is 5.75 Å². The minimum Gasteiger partial charge on any atom is -0.496 e. The van der Waals surface area contributed by atoms with E-state index in [4.69, 9.17) is 9.47 Å². The first-order valence-corrected chi connectivity index (χ1v) is 5.51. The predicted molar refractivity (Wildman–Crippen MR) is 66.2 cm³/mol. The van der Waals surface area contributed by atoms with Crippen molar-refractivity contribution in [1.29, 1.82) is 0 Å². The van der Waals surface area contributed by atoms with Gasteiger partial charge >= 0.3 is 0 Å². The van der Waals surface area contributed by atoms with Crippen LogP contribution in [-0.2, 0) is 9.53 Å². The molecule has 1 N–H and O–H groups in total. The Labute approximate surface area is 102 Å². The molecule has 0 saturated carbocycles. The highest BCUT2D eigenvalue weighted by Crippen LogP contribution is 2.25. The van der Waals surface area contributed by atoms with Gasteiger partial charge in [0.05, 0.1) is 13.2 Å². The summed E-state index contributed by atoms with van der Waals surface area (Å²) in [6.45, 7) is 4.00. The lowest BCUT2D eigenvalue weighted by molar-refractivity contribution is -0.125. The van der Waals surface area contributed by atoms with Crippen LogP contribution < -0.4 is 10.1 Å². The largest absolute Gasteiger partial charge is 0.496 e. The molecule has 4 nitrogen and oxygen atoms in total. The highest BCUT2D eigenvalue weighted by molar-refractivity contribution is 5.77. The van der Waals surface area contributed by atoms with Crippen LogP contribution in [0.3, 0.4) is 0 Å². The van der Waals surface area contributed by atoms with E-state index in [1.165, 1.54) is 7.11 Å².